The lowest BCUT2D eigenvalue weighted by Crippen LogP contribution is -2.05. The molecule has 0 aliphatic rings. The van der Waals surface area contributed by atoms with Crippen molar-refractivity contribution in [3.8, 4) is 5.75 Å². The Balaban J connectivity index is 1.95. The third-order valence-electron chi connectivity index (χ3n) is 2.84. The van der Waals surface area contributed by atoms with E-state index in [9.17, 15) is 14.9 Å². The van der Waals surface area contributed by atoms with Crippen LogP contribution in [0.1, 0.15) is 15.9 Å². The van der Waals surface area contributed by atoms with Gasteiger partial charge in [-0.3, -0.25) is 10.1 Å². The van der Waals surface area contributed by atoms with Crippen LogP contribution in [-0.2, 0) is 11.3 Å². The lowest BCUT2D eigenvalue weighted by molar-refractivity contribution is -0.384. The standard InChI is InChI=1S/C15H13NO5/c1-20-14-8-2-11(3-9-14)10-21-15(17)12-4-6-13(7-5-12)16(18)19/h2-9H,10H2,1H3. The molecule has 0 unspecified atom stereocenters. The average Bonchev–Trinajstić information content (AvgIpc) is 2.53. The molecule has 2 aromatic rings. The van der Waals surface area contributed by atoms with Gasteiger partial charge >= 0.3 is 5.97 Å². The highest BCUT2D eigenvalue weighted by atomic mass is 16.6. The third kappa shape index (κ3) is 3.79. The molecule has 6 heteroatoms. The molecule has 0 fully saturated rings. The van der Waals surface area contributed by atoms with Gasteiger partial charge in [0.2, 0.25) is 0 Å². The highest BCUT2D eigenvalue weighted by Gasteiger charge is 2.10. The molecule has 0 saturated heterocycles. The van der Waals surface area contributed by atoms with E-state index >= 15 is 0 Å². The van der Waals surface area contributed by atoms with Crippen molar-refractivity contribution < 1.29 is 19.2 Å². The zero-order valence-electron chi connectivity index (χ0n) is 11.3. The maximum Gasteiger partial charge on any atom is 0.338 e. The Morgan fingerprint density at radius 3 is 2.24 bits per heavy atom. The fraction of sp³-hybridized carbons (Fsp3) is 0.133. The molecule has 0 aliphatic carbocycles. The maximum atomic E-state index is 11.8. The molecule has 0 aliphatic heterocycles. The number of rotatable bonds is 5. The molecule has 6 nitrogen and oxygen atoms in total. The van der Waals surface area contributed by atoms with E-state index in [1.54, 1.807) is 31.4 Å². The minimum absolute atomic E-state index is 0.0679. The van der Waals surface area contributed by atoms with E-state index in [2.05, 4.69) is 0 Å². The number of hydrogen-bond acceptors (Lipinski definition) is 5. The zero-order valence-corrected chi connectivity index (χ0v) is 11.3. The highest BCUT2D eigenvalue weighted by molar-refractivity contribution is 5.89. The molecular formula is C15H13NO5. The summed E-state index contributed by atoms with van der Waals surface area (Å²) in [6.07, 6.45) is 0. The SMILES string of the molecule is COc1ccc(COC(=O)c2ccc([N+](=O)[O-])cc2)cc1. The van der Waals surface area contributed by atoms with Crippen LogP contribution in [-0.4, -0.2) is 18.0 Å². The van der Waals surface area contributed by atoms with Crippen LogP contribution in [0.2, 0.25) is 0 Å². The van der Waals surface area contributed by atoms with Gasteiger partial charge in [0, 0.05) is 12.1 Å². The van der Waals surface area contributed by atoms with Crippen molar-refractivity contribution in [2.75, 3.05) is 7.11 Å². The topological polar surface area (TPSA) is 78.7 Å². The van der Waals surface area contributed by atoms with Crippen molar-refractivity contribution in [1.82, 2.24) is 0 Å². The Hall–Kier alpha value is -2.89. The van der Waals surface area contributed by atoms with Crippen LogP contribution in [0.25, 0.3) is 0 Å². The molecule has 21 heavy (non-hydrogen) atoms. The molecule has 0 radical (unpaired) electrons. The van der Waals surface area contributed by atoms with Gasteiger partial charge in [0.25, 0.3) is 5.69 Å². The summed E-state index contributed by atoms with van der Waals surface area (Å²) < 4.78 is 10.2. The molecule has 0 heterocycles. The average molecular weight is 287 g/mol. The van der Waals surface area contributed by atoms with Gasteiger partial charge < -0.3 is 9.47 Å². The predicted octanol–water partition coefficient (Wildman–Crippen LogP) is 2.96. The first kappa shape index (κ1) is 14.5. The molecule has 0 N–H and O–H groups in total. The van der Waals surface area contributed by atoms with Gasteiger partial charge in [-0.2, -0.15) is 0 Å². The van der Waals surface area contributed by atoms with Gasteiger partial charge in [-0.15, -0.1) is 0 Å². The van der Waals surface area contributed by atoms with E-state index in [1.807, 2.05) is 0 Å². The number of nitrogens with zero attached hydrogens (tertiary/aromatic N) is 1. The Morgan fingerprint density at radius 2 is 1.71 bits per heavy atom. The summed E-state index contributed by atoms with van der Waals surface area (Å²) in [6, 6.07) is 12.4. The number of hydrogen-bond donors (Lipinski definition) is 0. The number of nitro groups is 1. The molecule has 2 rings (SSSR count). The number of esters is 1. The van der Waals surface area contributed by atoms with Gasteiger partial charge in [-0.1, -0.05) is 12.1 Å². The number of non-ortho nitro benzene ring substituents is 1. The second kappa shape index (κ2) is 6.51. The van der Waals surface area contributed by atoms with Crippen LogP contribution in [0.15, 0.2) is 48.5 Å². The van der Waals surface area contributed by atoms with E-state index in [0.717, 1.165) is 11.3 Å². The zero-order chi connectivity index (χ0) is 15.2. The molecule has 0 amide bonds. The van der Waals surface area contributed by atoms with Gasteiger partial charge in [-0.25, -0.2) is 4.79 Å². The van der Waals surface area contributed by atoms with Gasteiger partial charge in [0.05, 0.1) is 17.6 Å². The first-order valence-corrected chi connectivity index (χ1v) is 6.14. The quantitative estimate of drug-likeness (QED) is 0.480. The van der Waals surface area contributed by atoms with Gasteiger partial charge in [0.15, 0.2) is 0 Å². The van der Waals surface area contributed by atoms with Crippen LogP contribution in [0.4, 0.5) is 5.69 Å². The Kier molecular flexibility index (Phi) is 4.50. The number of benzene rings is 2. The summed E-state index contributed by atoms with van der Waals surface area (Å²) in [7, 11) is 1.57. The summed E-state index contributed by atoms with van der Waals surface area (Å²) in [5.41, 5.74) is 1.03. The van der Waals surface area contributed by atoms with Crippen LogP contribution >= 0.6 is 0 Å². The Morgan fingerprint density at radius 1 is 1.10 bits per heavy atom. The number of ether oxygens (including phenoxy) is 2. The summed E-state index contributed by atoms with van der Waals surface area (Å²) in [5, 5.41) is 10.5. The minimum atomic E-state index is -0.527. The number of carbonyl (C=O) groups excluding carboxylic acids is 1. The summed E-state index contributed by atoms with van der Waals surface area (Å²) >= 11 is 0. The van der Waals surface area contributed by atoms with Crippen LogP contribution in [0.5, 0.6) is 5.75 Å². The van der Waals surface area contributed by atoms with Crippen molar-refractivity contribution in [3.63, 3.8) is 0 Å². The Labute approximate surface area is 121 Å². The van der Waals surface area contributed by atoms with Crippen LogP contribution in [0, 0.1) is 10.1 Å². The normalized spacial score (nSPS) is 9.95. The number of methoxy groups -OCH3 is 1. The van der Waals surface area contributed by atoms with Crippen molar-refractivity contribution in [2.24, 2.45) is 0 Å². The molecular weight excluding hydrogens is 274 g/mol. The highest BCUT2D eigenvalue weighted by Crippen LogP contribution is 2.15. The smallest absolute Gasteiger partial charge is 0.338 e. The fourth-order valence-electron chi connectivity index (χ4n) is 1.67. The van der Waals surface area contributed by atoms with E-state index in [0.29, 0.717) is 0 Å². The number of carbonyl (C=O) groups is 1. The van der Waals surface area contributed by atoms with Crippen LogP contribution < -0.4 is 4.74 Å². The van der Waals surface area contributed by atoms with Crippen molar-refractivity contribution in [2.45, 2.75) is 6.61 Å². The minimum Gasteiger partial charge on any atom is -0.497 e. The van der Waals surface area contributed by atoms with Crippen molar-refractivity contribution in [1.29, 1.82) is 0 Å². The lowest BCUT2D eigenvalue weighted by Gasteiger charge is -2.06. The summed E-state index contributed by atoms with van der Waals surface area (Å²) in [5.74, 6) is 0.196. The third-order valence-corrected chi connectivity index (χ3v) is 2.84. The number of nitro benzene ring substituents is 1. The maximum absolute atomic E-state index is 11.8. The molecule has 0 saturated carbocycles. The van der Waals surface area contributed by atoms with E-state index in [4.69, 9.17) is 9.47 Å². The second-order valence-electron chi connectivity index (χ2n) is 4.23. The largest absolute Gasteiger partial charge is 0.497 e. The Bertz CT molecular complexity index is 634. The fourth-order valence-corrected chi connectivity index (χ4v) is 1.67. The molecule has 0 aromatic heterocycles. The van der Waals surface area contributed by atoms with E-state index in [-0.39, 0.29) is 17.9 Å². The monoisotopic (exact) mass is 287 g/mol. The van der Waals surface area contributed by atoms with Gasteiger partial charge in [0.1, 0.15) is 12.4 Å². The molecule has 0 bridgehead atoms. The molecule has 108 valence electrons. The summed E-state index contributed by atoms with van der Waals surface area (Å²) in [4.78, 5) is 21.8. The molecule has 0 spiro atoms. The summed E-state index contributed by atoms with van der Waals surface area (Å²) in [6.45, 7) is 0.125. The first-order valence-electron chi connectivity index (χ1n) is 6.14. The first-order chi connectivity index (χ1) is 10.1. The van der Waals surface area contributed by atoms with Crippen molar-refractivity contribution in [3.05, 3.63) is 69.8 Å². The van der Waals surface area contributed by atoms with Crippen LogP contribution in [0.3, 0.4) is 0 Å². The van der Waals surface area contributed by atoms with Crippen molar-refractivity contribution >= 4 is 11.7 Å². The van der Waals surface area contributed by atoms with E-state index < -0.39 is 10.9 Å². The molecule has 2 aromatic carbocycles. The predicted molar refractivity (Wildman–Crippen MR) is 75.2 cm³/mol. The molecule has 0 atom stereocenters. The van der Waals surface area contributed by atoms with E-state index in [1.165, 1.54) is 24.3 Å². The lowest BCUT2D eigenvalue weighted by atomic mass is 10.2. The van der Waals surface area contributed by atoms with Gasteiger partial charge in [-0.05, 0) is 29.8 Å². The second-order valence-corrected chi connectivity index (χ2v) is 4.23.